The molecule has 2 rings (SSSR count). The highest BCUT2D eigenvalue weighted by Gasteiger charge is 2.11. The molecule has 20 heavy (non-hydrogen) atoms. The maximum Gasteiger partial charge on any atom is 0.241 e. The molecular formula is C10H10ClN5O3S. The predicted molar refractivity (Wildman–Crippen MR) is 72.1 cm³/mol. The fourth-order valence-electron chi connectivity index (χ4n) is 1.37. The molecule has 0 radical (unpaired) electrons. The van der Waals surface area contributed by atoms with Gasteiger partial charge in [0.15, 0.2) is 5.82 Å². The van der Waals surface area contributed by atoms with Crippen LogP contribution in [0.1, 0.15) is 0 Å². The first-order valence-corrected chi connectivity index (χ1v) is 7.38. The zero-order chi connectivity index (χ0) is 14.8. The molecule has 0 aromatic carbocycles. The van der Waals surface area contributed by atoms with Crippen LogP contribution in [0, 0.1) is 0 Å². The molecule has 0 saturated heterocycles. The van der Waals surface area contributed by atoms with Gasteiger partial charge in [0.2, 0.25) is 15.9 Å². The highest BCUT2D eigenvalue weighted by molar-refractivity contribution is 7.89. The van der Waals surface area contributed by atoms with E-state index in [-0.39, 0.29) is 16.7 Å². The number of carbonyl (C=O) groups is 1. The minimum atomic E-state index is -3.80. The van der Waals surface area contributed by atoms with Crippen molar-refractivity contribution in [1.82, 2.24) is 14.8 Å². The molecule has 10 heteroatoms. The quantitative estimate of drug-likeness (QED) is 0.775. The van der Waals surface area contributed by atoms with Gasteiger partial charge in [-0.05, 0) is 12.1 Å². The maximum absolute atomic E-state index is 11.1. The van der Waals surface area contributed by atoms with Crippen molar-refractivity contribution in [3.8, 4) is 5.82 Å². The van der Waals surface area contributed by atoms with E-state index in [0.717, 1.165) is 6.20 Å². The van der Waals surface area contributed by atoms with E-state index in [1.165, 1.54) is 17.1 Å². The van der Waals surface area contributed by atoms with E-state index < -0.39 is 10.0 Å². The van der Waals surface area contributed by atoms with Crippen LogP contribution in [0.2, 0.25) is 0 Å². The van der Waals surface area contributed by atoms with Gasteiger partial charge in [-0.25, -0.2) is 23.2 Å². The molecule has 2 aromatic heterocycles. The molecule has 0 aliphatic rings. The third-order valence-corrected chi connectivity index (χ3v) is 3.39. The molecule has 8 nitrogen and oxygen atoms in total. The van der Waals surface area contributed by atoms with Crippen molar-refractivity contribution >= 4 is 33.2 Å². The van der Waals surface area contributed by atoms with Crippen LogP contribution in [-0.2, 0) is 14.8 Å². The van der Waals surface area contributed by atoms with E-state index >= 15 is 0 Å². The van der Waals surface area contributed by atoms with Gasteiger partial charge in [0, 0.05) is 0 Å². The first-order valence-electron chi connectivity index (χ1n) is 5.30. The number of anilines is 1. The summed E-state index contributed by atoms with van der Waals surface area (Å²) in [6.45, 7) is 0. The van der Waals surface area contributed by atoms with Crippen molar-refractivity contribution in [3.63, 3.8) is 0 Å². The molecule has 0 fully saturated rings. The molecule has 0 aliphatic carbocycles. The van der Waals surface area contributed by atoms with Gasteiger partial charge in [0.05, 0.1) is 24.3 Å². The number of nitrogens with one attached hydrogen (secondary N) is 1. The summed E-state index contributed by atoms with van der Waals surface area (Å²) in [6.07, 6.45) is 3.77. The van der Waals surface area contributed by atoms with Crippen LogP contribution in [-0.4, -0.2) is 35.0 Å². The molecule has 106 valence electrons. The van der Waals surface area contributed by atoms with E-state index in [1.54, 1.807) is 12.1 Å². The van der Waals surface area contributed by atoms with Gasteiger partial charge in [-0.15, -0.1) is 11.6 Å². The lowest BCUT2D eigenvalue weighted by molar-refractivity contribution is -0.113. The molecule has 0 atom stereocenters. The van der Waals surface area contributed by atoms with Crippen molar-refractivity contribution in [2.45, 2.75) is 4.90 Å². The van der Waals surface area contributed by atoms with Gasteiger partial charge in [-0.2, -0.15) is 5.10 Å². The lowest BCUT2D eigenvalue weighted by Crippen LogP contribution is -2.13. The van der Waals surface area contributed by atoms with E-state index in [9.17, 15) is 13.2 Å². The molecule has 0 bridgehead atoms. The lowest BCUT2D eigenvalue weighted by atomic mass is 10.4. The first kappa shape index (κ1) is 14.4. The monoisotopic (exact) mass is 315 g/mol. The molecule has 2 heterocycles. The molecule has 2 aromatic rings. The number of sulfonamides is 1. The first-order chi connectivity index (χ1) is 9.40. The highest BCUT2D eigenvalue weighted by atomic mass is 35.5. The van der Waals surface area contributed by atoms with Crippen LogP contribution in [0.15, 0.2) is 35.6 Å². The number of primary sulfonamides is 1. The zero-order valence-electron chi connectivity index (χ0n) is 10.0. The molecular weight excluding hydrogens is 306 g/mol. The van der Waals surface area contributed by atoms with Crippen molar-refractivity contribution in [1.29, 1.82) is 0 Å². The Morgan fingerprint density at radius 2 is 2.15 bits per heavy atom. The summed E-state index contributed by atoms with van der Waals surface area (Å²) in [5.41, 5.74) is 0.471. The summed E-state index contributed by atoms with van der Waals surface area (Å²) in [6, 6.07) is 3.15. The number of amides is 1. The minimum Gasteiger partial charge on any atom is -0.324 e. The normalized spacial score (nSPS) is 11.3. The zero-order valence-corrected chi connectivity index (χ0v) is 11.6. The van der Waals surface area contributed by atoms with Gasteiger partial charge in [-0.3, -0.25) is 4.79 Å². The third kappa shape index (κ3) is 3.32. The molecule has 0 saturated carbocycles. The van der Waals surface area contributed by atoms with Crippen molar-refractivity contribution in [3.05, 3.63) is 30.7 Å². The second-order valence-electron chi connectivity index (χ2n) is 3.75. The number of hydrogen-bond donors (Lipinski definition) is 2. The Kier molecular flexibility index (Phi) is 4.02. The third-order valence-electron chi connectivity index (χ3n) is 2.28. The smallest absolute Gasteiger partial charge is 0.241 e. The summed E-state index contributed by atoms with van der Waals surface area (Å²) in [5.74, 6) is -0.126. The van der Waals surface area contributed by atoms with Crippen LogP contribution < -0.4 is 10.5 Å². The second-order valence-corrected chi connectivity index (χ2v) is 5.58. The van der Waals surface area contributed by atoms with Crippen LogP contribution in [0.3, 0.4) is 0 Å². The van der Waals surface area contributed by atoms with Crippen LogP contribution >= 0.6 is 11.6 Å². The summed E-state index contributed by atoms with van der Waals surface area (Å²) >= 11 is 5.36. The van der Waals surface area contributed by atoms with Crippen molar-refractivity contribution < 1.29 is 13.2 Å². The van der Waals surface area contributed by atoms with Crippen molar-refractivity contribution in [2.24, 2.45) is 5.14 Å². The second kappa shape index (κ2) is 5.57. The number of alkyl halides is 1. The standard InChI is InChI=1S/C10H10ClN5O3S/c11-3-10(17)15-7-1-2-9(13-4-7)16-6-8(5-14-16)20(12,18)19/h1-2,4-6H,3H2,(H,15,17)(H2,12,18,19). The fraction of sp³-hybridized carbons (Fsp3) is 0.100. The number of rotatable bonds is 4. The molecule has 0 unspecified atom stereocenters. The van der Waals surface area contributed by atoms with E-state index in [1.807, 2.05) is 0 Å². The summed E-state index contributed by atoms with van der Waals surface area (Å²) in [5, 5.41) is 11.3. The van der Waals surface area contributed by atoms with E-state index in [0.29, 0.717) is 11.5 Å². The Balaban J connectivity index is 2.22. The Morgan fingerprint density at radius 1 is 1.40 bits per heavy atom. The van der Waals surface area contributed by atoms with E-state index in [4.69, 9.17) is 16.7 Å². The Morgan fingerprint density at radius 3 is 2.65 bits per heavy atom. The largest absolute Gasteiger partial charge is 0.324 e. The number of hydrogen-bond acceptors (Lipinski definition) is 5. The van der Waals surface area contributed by atoms with Crippen LogP contribution in [0.5, 0.6) is 0 Å². The number of pyridine rings is 1. The Bertz CT molecular complexity index is 726. The SMILES string of the molecule is NS(=O)(=O)c1cnn(-c2ccc(NC(=O)CCl)cn2)c1. The number of halogens is 1. The Labute approximate surface area is 119 Å². The maximum atomic E-state index is 11.1. The Hall–Kier alpha value is -1.97. The van der Waals surface area contributed by atoms with Gasteiger partial charge in [0.25, 0.3) is 0 Å². The average molecular weight is 316 g/mol. The number of carbonyl (C=O) groups excluding carboxylic acids is 1. The predicted octanol–water partition coefficient (Wildman–Crippen LogP) is 0.0920. The summed E-state index contributed by atoms with van der Waals surface area (Å²) < 4.78 is 23.5. The van der Waals surface area contributed by atoms with Gasteiger partial charge in [0.1, 0.15) is 10.8 Å². The topological polar surface area (TPSA) is 120 Å². The van der Waals surface area contributed by atoms with E-state index in [2.05, 4.69) is 15.4 Å². The fourth-order valence-corrected chi connectivity index (χ4v) is 1.88. The number of nitrogens with zero attached hydrogens (tertiary/aromatic N) is 3. The highest BCUT2D eigenvalue weighted by Crippen LogP contribution is 2.12. The van der Waals surface area contributed by atoms with Crippen LogP contribution in [0.25, 0.3) is 5.82 Å². The summed E-state index contributed by atoms with van der Waals surface area (Å²) in [7, 11) is -3.80. The number of nitrogens with two attached hydrogens (primary N) is 1. The average Bonchev–Trinajstić information content (AvgIpc) is 2.89. The molecule has 1 amide bonds. The minimum absolute atomic E-state index is 0.112. The van der Waals surface area contributed by atoms with Gasteiger partial charge < -0.3 is 5.32 Å². The number of aromatic nitrogens is 3. The lowest BCUT2D eigenvalue weighted by Gasteiger charge is -2.04. The molecule has 0 aliphatic heterocycles. The molecule has 0 spiro atoms. The summed E-state index contributed by atoms with van der Waals surface area (Å²) in [4.78, 5) is 15.0. The van der Waals surface area contributed by atoms with Crippen molar-refractivity contribution in [2.75, 3.05) is 11.2 Å². The van der Waals surface area contributed by atoms with Gasteiger partial charge >= 0.3 is 0 Å². The van der Waals surface area contributed by atoms with Crippen LogP contribution in [0.4, 0.5) is 5.69 Å². The van der Waals surface area contributed by atoms with Gasteiger partial charge in [-0.1, -0.05) is 0 Å². The molecule has 3 N–H and O–H groups in total.